The summed E-state index contributed by atoms with van der Waals surface area (Å²) < 4.78 is 5.38. The second-order valence-corrected chi connectivity index (χ2v) is 9.27. The van der Waals surface area contributed by atoms with Crippen molar-refractivity contribution in [1.82, 2.24) is 10.2 Å². The number of primary amides is 1. The van der Waals surface area contributed by atoms with Crippen molar-refractivity contribution in [2.75, 3.05) is 7.05 Å². The molecule has 3 amide bonds. The highest BCUT2D eigenvalue weighted by atomic mass is 16.6. The van der Waals surface area contributed by atoms with Gasteiger partial charge in [0.1, 0.15) is 17.7 Å². The Labute approximate surface area is 168 Å². The van der Waals surface area contributed by atoms with Gasteiger partial charge in [-0.3, -0.25) is 9.59 Å². The van der Waals surface area contributed by atoms with Gasteiger partial charge in [-0.1, -0.05) is 31.8 Å². The number of carbonyl (C=O) groups is 3. The van der Waals surface area contributed by atoms with Crippen LogP contribution in [0.1, 0.15) is 65.7 Å². The first-order valence-corrected chi connectivity index (χ1v) is 10.2. The Morgan fingerprint density at radius 2 is 1.86 bits per heavy atom. The molecule has 2 atom stereocenters. The molecule has 2 rings (SSSR count). The van der Waals surface area contributed by atoms with Crippen LogP contribution < -0.4 is 11.1 Å². The molecule has 1 unspecified atom stereocenters. The Bertz CT molecular complexity index is 616. The average Bonchev–Trinajstić information content (AvgIpc) is 3.29. The van der Waals surface area contributed by atoms with E-state index in [1.807, 2.05) is 0 Å². The van der Waals surface area contributed by atoms with Gasteiger partial charge >= 0.3 is 6.09 Å². The number of carbonyl (C=O) groups excluding carboxylic acids is 3. The first-order chi connectivity index (χ1) is 13.0. The van der Waals surface area contributed by atoms with Crippen LogP contribution in [-0.2, 0) is 14.3 Å². The summed E-state index contributed by atoms with van der Waals surface area (Å²) in [5.41, 5.74) is 4.36. The second-order valence-electron chi connectivity index (χ2n) is 9.27. The number of rotatable bonds is 8. The fourth-order valence-corrected chi connectivity index (χ4v) is 4.01. The third-order valence-electron chi connectivity index (χ3n) is 5.82. The highest BCUT2D eigenvalue weighted by Crippen LogP contribution is 2.43. The van der Waals surface area contributed by atoms with Crippen molar-refractivity contribution < 1.29 is 19.1 Å². The van der Waals surface area contributed by atoms with Crippen LogP contribution in [0.4, 0.5) is 4.79 Å². The van der Waals surface area contributed by atoms with Gasteiger partial charge in [-0.25, -0.2) is 4.79 Å². The molecule has 2 aliphatic carbocycles. The van der Waals surface area contributed by atoms with Crippen LogP contribution in [0, 0.1) is 11.3 Å². The maximum absolute atomic E-state index is 13.4. The third-order valence-corrected chi connectivity index (χ3v) is 5.82. The molecule has 0 saturated heterocycles. The van der Waals surface area contributed by atoms with Crippen LogP contribution in [0.2, 0.25) is 0 Å². The Morgan fingerprint density at radius 1 is 1.29 bits per heavy atom. The summed E-state index contributed by atoms with van der Waals surface area (Å²) in [6.07, 6.45) is 7.22. The molecule has 3 N–H and O–H groups in total. The SMILES string of the molecule is C=CC1(C(NC(=O)OC(C)(C)C)C(=O)N(C)[C@@H](CC2CC2)C(N)=O)CCCC1. The van der Waals surface area contributed by atoms with Gasteiger partial charge in [0.25, 0.3) is 0 Å². The van der Waals surface area contributed by atoms with Crippen LogP contribution in [0.25, 0.3) is 0 Å². The van der Waals surface area contributed by atoms with Crippen LogP contribution in [0.15, 0.2) is 12.7 Å². The number of nitrogens with one attached hydrogen (secondary N) is 1. The molecule has 2 aliphatic rings. The lowest BCUT2D eigenvalue weighted by atomic mass is 9.77. The Hall–Kier alpha value is -2.05. The van der Waals surface area contributed by atoms with Gasteiger partial charge in [0.2, 0.25) is 11.8 Å². The smallest absolute Gasteiger partial charge is 0.408 e. The number of likely N-dealkylation sites (N-methyl/N-ethyl adjacent to an activating group) is 1. The zero-order valence-electron chi connectivity index (χ0n) is 17.6. The first kappa shape index (κ1) is 22.2. The number of ether oxygens (including phenoxy) is 1. The number of hydrogen-bond donors (Lipinski definition) is 2. The molecule has 0 heterocycles. The molecular weight excluding hydrogens is 358 g/mol. The molecule has 7 nitrogen and oxygen atoms in total. The predicted molar refractivity (Wildman–Crippen MR) is 107 cm³/mol. The minimum atomic E-state index is -0.839. The van der Waals surface area contributed by atoms with Gasteiger partial charge in [-0.2, -0.15) is 0 Å². The molecule has 7 heteroatoms. The second kappa shape index (κ2) is 8.53. The number of hydrogen-bond acceptors (Lipinski definition) is 4. The molecule has 28 heavy (non-hydrogen) atoms. The molecular formula is C21H35N3O4. The highest BCUT2D eigenvalue weighted by Gasteiger charge is 2.47. The van der Waals surface area contributed by atoms with E-state index in [1.165, 1.54) is 4.90 Å². The van der Waals surface area contributed by atoms with E-state index in [2.05, 4.69) is 11.9 Å². The van der Waals surface area contributed by atoms with Crippen molar-refractivity contribution in [3.05, 3.63) is 12.7 Å². The molecule has 158 valence electrons. The molecule has 0 radical (unpaired) electrons. The van der Waals surface area contributed by atoms with Crippen LogP contribution in [-0.4, -0.2) is 47.5 Å². The van der Waals surface area contributed by atoms with Crippen molar-refractivity contribution in [2.24, 2.45) is 17.1 Å². The molecule has 0 aliphatic heterocycles. The van der Waals surface area contributed by atoms with Gasteiger partial charge in [0.15, 0.2) is 0 Å². The standard InChI is InChI=1S/C21H35N3O4/c1-6-21(11-7-8-12-21)16(23-19(27)28-20(2,3)4)18(26)24(5)15(17(22)25)13-14-9-10-14/h6,14-16H,1,7-13H2,2-5H3,(H2,22,25)(H,23,27)/t15-,16?/m0/s1. The van der Waals surface area contributed by atoms with Crippen molar-refractivity contribution in [1.29, 1.82) is 0 Å². The Morgan fingerprint density at radius 3 is 2.29 bits per heavy atom. The summed E-state index contributed by atoms with van der Waals surface area (Å²) in [6.45, 7) is 9.26. The van der Waals surface area contributed by atoms with E-state index < -0.39 is 35.1 Å². The van der Waals surface area contributed by atoms with Crippen LogP contribution >= 0.6 is 0 Å². The van der Waals surface area contributed by atoms with Gasteiger partial charge < -0.3 is 20.7 Å². The van der Waals surface area contributed by atoms with E-state index in [-0.39, 0.29) is 5.91 Å². The number of nitrogens with two attached hydrogens (primary N) is 1. The molecule has 0 aromatic heterocycles. The third kappa shape index (κ3) is 5.49. The fraction of sp³-hybridized carbons (Fsp3) is 0.762. The Balaban J connectivity index is 2.25. The maximum atomic E-state index is 13.4. The topological polar surface area (TPSA) is 102 Å². The molecule has 0 aromatic carbocycles. The van der Waals surface area contributed by atoms with Crippen LogP contribution in [0.3, 0.4) is 0 Å². The van der Waals surface area contributed by atoms with E-state index >= 15 is 0 Å². The number of nitrogens with zero attached hydrogens (tertiary/aromatic N) is 1. The van der Waals surface area contributed by atoms with Gasteiger partial charge in [-0.05, 0) is 46.0 Å². The number of alkyl carbamates (subject to hydrolysis) is 1. The highest BCUT2D eigenvalue weighted by molar-refractivity contribution is 5.91. The van der Waals surface area contributed by atoms with Crippen molar-refractivity contribution >= 4 is 17.9 Å². The van der Waals surface area contributed by atoms with Crippen molar-refractivity contribution in [2.45, 2.75) is 83.4 Å². The quantitative estimate of drug-likeness (QED) is 0.619. The van der Waals surface area contributed by atoms with Crippen molar-refractivity contribution in [3.63, 3.8) is 0 Å². The van der Waals surface area contributed by atoms with Gasteiger partial charge in [0, 0.05) is 12.5 Å². The summed E-state index contributed by atoms with van der Waals surface area (Å²) in [7, 11) is 1.59. The van der Waals surface area contributed by atoms with E-state index in [4.69, 9.17) is 10.5 Å². The summed E-state index contributed by atoms with van der Waals surface area (Å²) >= 11 is 0. The van der Waals surface area contributed by atoms with Gasteiger partial charge in [0.05, 0.1) is 0 Å². The number of amides is 3. The molecule has 2 fully saturated rings. The largest absolute Gasteiger partial charge is 0.444 e. The summed E-state index contributed by atoms with van der Waals surface area (Å²) in [4.78, 5) is 39.3. The molecule has 2 saturated carbocycles. The summed E-state index contributed by atoms with van der Waals surface area (Å²) in [5.74, 6) is -0.403. The normalized spacial score (nSPS) is 20.7. The summed E-state index contributed by atoms with van der Waals surface area (Å²) in [5, 5.41) is 2.77. The fourth-order valence-electron chi connectivity index (χ4n) is 4.01. The Kier molecular flexibility index (Phi) is 6.78. The lowest BCUT2D eigenvalue weighted by molar-refractivity contribution is -0.141. The monoisotopic (exact) mass is 393 g/mol. The molecule has 0 bridgehead atoms. The average molecular weight is 394 g/mol. The lowest BCUT2D eigenvalue weighted by Crippen LogP contribution is -2.59. The van der Waals surface area contributed by atoms with Crippen LogP contribution in [0.5, 0.6) is 0 Å². The predicted octanol–water partition coefficient (Wildman–Crippen LogP) is 2.74. The molecule has 0 spiro atoms. The zero-order chi connectivity index (χ0) is 21.1. The van der Waals surface area contributed by atoms with E-state index in [9.17, 15) is 14.4 Å². The zero-order valence-corrected chi connectivity index (χ0v) is 17.6. The molecule has 0 aromatic rings. The van der Waals surface area contributed by atoms with Crippen molar-refractivity contribution in [3.8, 4) is 0 Å². The summed E-state index contributed by atoms with van der Waals surface area (Å²) in [6, 6.07) is -1.51. The maximum Gasteiger partial charge on any atom is 0.408 e. The first-order valence-electron chi connectivity index (χ1n) is 10.2. The minimum Gasteiger partial charge on any atom is -0.444 e. The minimum absolute atomic E-state index is 0.322. The van der Waals surface area contributed by atoms with E-state index in [0.29, 0.717) is 12.3 Å². The van der Waals surface area contributed by atoms with E-state index in [1.54, 1.807) is 33.9 Å². The van der Waals surface area contributed by atoms with E-state index in [0.717, 1.165) is 38.5 Å². The lowest BCUT2D eigenvalue weighted by Gasteiger charge is -2.38. The van der Waals surface area contributed by atoms with Gasteiger partial charge in [-0.15, -0.1) is 6.58 Å².